The van der Waals surface area contributed by atoms with Crippen LogP contribution in [0.5, 0.6) is 0 Å². The molecule has 0 unspecified atom stereocenters. The fraction of sp³-hybridized carbons (Fsp3) is 0.417. The lowest BCUT2D eigenvalue weighted by atomic mass is 10.3. The van der Waals surface area contributed by atoms with Crippen molar-refractivity contribution in [1.82, 2.24) is 10.3 Å². The quantitative estimate of drug-likeness (QED) is 0.827. The van der Waals surface area contributed by atoms with Crippen LogP contribution in [0.4, 0.5) is 0 Å². The van der Waals surface area contributed by atoms with Gasteiger partial charge in [-0.05, 0) is 36.2 Å². The van der Waals surface area contributed by atoms with E-state index >= 15 is 0 Å². The van der Waals surface area contributed by atoms with Gasteiger partial charge < -0.3 is 5.32 Å². The van der Waals surface area contributed by atoms with Gasteiger partial charge in [-0.3, -0.25) is 0 Å². The minimum atomic E-state index is 0.965. The van der Waals surface area contributed by atoms with E-state index in [0.29, 0.717) is 0 Å². The molecule has 2 nitrogen and oxygen atoms in total. The van der Waals surface area contributed by atoms with Gasteiger partial charge in [-0.25, -0.2) is 4.98 Å². The molecule has 0 fully saturated rings. The zero-order chi connectivity index (χ0) is 11.4. The predicted molar refractivity (Wildman–Crippen MR) is 71.3 cm³/mol. The molecule has 86 valence electrons. The number of aryl methyl sites for hydroxylation is 2. The highest BCUT2D eigenvalue weighted by Gasteiger charge is 2.02. The number of nitrogens with zero attached hydrogens (tertiary/aromatic N) is 1. The Labute approximate surface area is 104 Å². The molecule has 2 heterocycles. The van der Waals surface area contributed by atoms with Gasteiger partial charge >= 0.3 is 0 Å². The summed E-state index contributed by atoms with van der Waals surface area (Å²) in [5.41, 5.74) is 2.55. The molecular weight excluding hydrogens is 236 g/mol. The van der Waals surface area contributed by atoms with E-state index in [1.54, 1.807) is 11.3 Å². The van der Waals surface area contributed by atoms with Gasteiger partial charge in [-0.15, -0.1) is 11.3 Å². The predicted octanol–water partition coefficient (Wildman–Crippen LogP) is 3.15. The molecule has 0 aliphatic rings. The van der Waals surface area contributed by atoms with Crippen LogP contribution in [0, 0.1) is 13.8 Å². The average Bonchev–Trinajstić information content (AvgIpc) is 2.85. The van der Waals surface area contributed by atoms with Gasteiger partial charge in [0, 0.05) is 24.4 Å². The van der Waals surface area contributed by atoms with Crippen molar-refractivity contribution < 1.29 is 0 Å². The first-order valence-corrected chi connectivity index (χ1v) is 7.16. The summed E-state index contributed by atoms with van der Waals surface area (Å²) in [4.78, 5) is 5.87. The van der Waals surface area contributed by atoms with Crippen molar-refractivity contribution in [3.05, 3.63) is 38.0 Å². The van der Waals surface area contributed by atoms with E-state index < -0.39 is 0 Å². The summed E-state index contributed by atoms with van der Waals surface area (Å²) in [5.74, 6) is 0. The summed E-state index contributed by atoms with van der Waals surface area (Å²) >= 11 is 3.56. The molecule has 2 aromatic heterocycles. The van der Waals surface area contributed by atoms with Gasteiger partial charge in [0.05, 0.1) is 10.7 Å². The highest BCUT2D eigenvalue weighted by molar-refractivity contribution is 7.11. The molecule has 1 N–H and O–H groups in total. The van der Waals surface area contributed by atoms with Crippen LogP contribution < -0.4 is 5.32 Å². The minimum absolute atomic E-state index is 0.965. The third-order valence-electron chi connectivity index (χ3n) is 2.50. The van der Waals surface area contributed by atoms with Gasteiger partial charge in [0.1, 0.15) is 0 Å². The molecule has 0 aromatic carbocycles. The average molecular weight is 252 g/mol. The van der Waals surface area contributed by atoms with Crippen molar-refractivity contribution in [3.8, 4) is 0 Å². The largest absolute Gasteiger partial charge is 0.312 e. The first-order chi connectivity index (χ1) is 7.75. The van der Waals surface area contributed by atoms with Crippen LogP contribution in [0.15, 0.2) is 16.8 Å². The molecule has 0 radical (unpaired) electrons. The minimum Gasteiger partial charge on any atom is -0.312 e. The second-order valence-electron chi connectivity index (χ2n) is 3.81. The van der Waals surface area contributed by atoms with Gasteiger partial charge in [0.2, 0.25) is 0 Å². The first-order valence-electron chi connectivity index (χ1n) is 5.40. The molecule has 2 rings (SSSR count). The Hall–Kier alpha value is -0.710. The Morgan fingerprint density at radius 1 is 1.38 bits per heavy atom. The number of aromatic nitrogens is 1. The normalized spacial score (nSPS) is 10.9. The van der Waals surface area contributed by atoms with Crippen LogP contribution >= 0.6 is 22.7 Å². The Morgan fingerprint density at radius 2 is 2.25 bits per heavy atom. The molecule has 0 saturated carbocycles. The number of thiazole rings is 1. The fourth-order valence-corrected chi connectivity index (χ4v) is 3.07. The van der Waals surface area contributed by atoms with Crippen molar-refractivity contribution in [2.45, 2.75) is 26.8 Å². The maximum Gasteiger partial charge on any atom is 0.0943 e. The summed E-state index contributed by atoms with van der Waals surface area (Å²) < 4.78 is 0. The van der Waals surface area contributed by atoms with E-state index in [1.165, 1.54) is 21.1 Å². The van der Waals surface area contributed by atoms with Gasteiger partial charge in [-0.1, -0.05) is 0 Å². The third-order valence-corrected chi connectivity index (χ3v) is 4.36. The molecule has 2 aromatic rings. The number of rotatable bonds is 5. The molecule has 0 saturated heterocycles. The van der Waals surface area contributed by atoms with E-state index in [4.69, 9.17) is 0 Å². The second kappa shape index (κ2) is 5.57. The highest BCUT2D eigenvalue weighted by atomic mass is 32.1. The fourth-order valence-electron chi connectivity index (χ4n) is 1.47. The lowest BCUT2D eigenvalue weighted by molar-refractivity contribution is 0.686. The highest BCUT2D eigenvalue weighted by Crippen LogP contribution is 2.16. The number of hydrogen-bond donors (Lipinski definition) is 1. The van der Waals surface area contributed by atoms with E-state index in [2.05, 4.69) is 41.0 Å². The molecule has 0 amide bonds. The molecule has 4 heteroatoms. The third kappa shape index (κ3) is 3.14. The van der Waals surface area contributed by atoms with Crippen molar-refractivity contribution >= 4 is 22.7 Å². The Balaban J connectivity index is 1.72. The van der Waals surface area contributed by atoms with E-state index in [-0.39, 0.29) is 0 Å². The van der Waals surface area contributed by atoms with Gasteiger partial charge in [0.15, 0.2) is 0 Å². The van der Waals surface area contributed by atoms with Crippen molar-refractivity contribution in [2.24, 2.45) is 0 Å². The zero-order valence-corrected chi connectivity index (χ0v) is 11.3. The number of hydrogen-bond acceptors (Lipinski definition) is 4. The second-order valence-corrected chi connectivity index (χ2v) is 5.88. The molecule has 0 aliphatic heterocycles. The molecule has 0 aliphatic carbocycles. The Morgan fingerprint density at radius 3 is 2.88 bits per heavy atom. The summed E-state index contributed by atoms with van der Waals surface area (Å²) in [5, 5.41) is 8.98. The van der Waals surface area contributed by atoms with Crippen LogP contribution in [0.2, 0.25) is 0 Å². The molecular formula is C12H16N2S2. The lowest BCUT2D eigenvalue weighted by Crippen LogP contribution is -2.16. The summed E-state index contributed by atoms with van der Waals surface area (Å²) in [6.45, 7) is 6.18. The summed E-state index contributed by atoms with van der Waals surface area (Å²) in [6.07, 6.45) is 1.03. The van der Waals surface area contributed by atoms with Crippen molar-refractivity contribution in [1.29, 1.82) is 0 Å². The van der Waals surface area contributed by atoms with Crippen molar-refractivity contribution in [3.63, 3.8) is 0 Å². The van der Waals surface area contributed by atoms with Gasteiger partial charge in [-0.2, -0.15) is 11.3 Å². The molecule has 16 heavy (non-hydrogen) atoms. The Kier molecular flexibility index (Phi) is 4.09. The van der Waals surface area contributed by atoms with Crippen LogP contribution in [-0.4, -0.2) is 11.5 Å². The van der Waals surface area contributed by atoms with E-state index in [0.717, 1.165) is 19.5 Å². The standard InChI is InChI=1S/C12H16N2S2/c1-9-10(2)16-12(14-9)3-5-13-7-11-4-6-15-8-11/h4,6,8,13H,3,5,7H2,1-2H3. The molecule has 0 spiro atoms. The topological polar surface area (TPSA) is 24.9 Å². The van der Waals surface area contributed by atoms with E-state index in [1.807, 2.05) is 11.3 Å². The van der Waals surface area contributed by atoms with E-state index in [9.17, 15) is 0 Å². The zero-order valence-electron chi connectivity index (χ0n) is 9.62. The maximum absolute atomic E-state index is 4.53. The first kappa shape index (κ1) is 11.8. The number of thiophene rings is 1. The molecule has 0 atom stereocenters. The lowest BCUT2D eigenvalue weighted by Gasteiger charge is -2.00. The van der Waals surface area contributed by atoms with Crippen LogP contribution in [0.25, 0.3) is 0 Å². The Bertz CT molecular complexity index is 412. The van der Waals surface area contributed by atoms with Crippen LogP contribution in [0.1, 0.15) is 21.1 Å². The van der Waals surface area contributed by atoms with Crippen LogP contribution in [0.3, 0.4) is 0 Å². The summed E-state index contributed by atoms with van der Waals surface area (Å²) in [7, 11) is 0. The van der Waals surface area contributed by atoms with Crippen molar-refractivity contribution in [2.75, 3.05) is 6.54 Å². The van der Waals surface area contributed by atoms with Gasteiger partial charge in [0.25, 0.3) is 0 Å². The molecule has 0 bridgehead atoms. The maximum atomic E-state index is 4.53. The SMILES string of the molecule is Cc1nc(CCNCc2ccsc2)sc1C. The monoisotopic (exact) mass is 252 g/mol. The van der Waals surface area contributed by atoms with Crippen LogP contribution in [-0.2, 0) is 13.0 Å². The smallest absolute Gasteiger partial charge is 0.0943 e. The summed E-state index contributed by atoms with van der Waals surface area (Å²) in [6, 6.07) is 2.16. The number of nitrogens with one attached hydrogen (secondary N) is 1.